The van der Waals surface area contributed by atoms with Crippen LogP contribution in [0.15, 0.2) is 18.2 Å². The van der Waals surface area contributed by atoms with Gasteiger partial charge >= 0.3 is 6.18 Å². The van der Waals surface area contributed by atoms with Gasteiger partial charge in [0, 0.05) is 0 Å². The maximum atomic E-state index is 12.5. The standard InChI is InChI=1S/C11H9F3N4/c12-11(13,14)7-1-2-9-8(5-7)17-10(6-16)18(9)4-3-15/h1-2,5H,4,6,16H2. The number of rotatable bonds is 2. The fourth-order valence-corrected chi connectivity index (χ4v) is 1.76. The third-order valence-corrected chi connectivity index (χ3v) is 2.57. The molecule has 0 saturated heterocycles. The van der Waals surface area contributed by atoms with Gasteiger partial charge in [-0.2, -0.15) is 18.4 Å². The van der Waals surface area contributed by atoms with E-state index in [0.29, 0.717) is 11.3 Å². The van der Waals surface area contributed by atoms with Crippen molar-refractivity contribution < 1.29 is 13.2 Å². The molecule has 0 atom stereocenters. The van der Waals surface area contributed by atoms with Crippen LogP contribution in [-0.2, 0) is 19.3 Å². The molecule has 7 heteroatoms. The zero-order chi connectivity index (χ0) is 13.3. The van der Waals surface area contributed by atoms with Gasteiger partial charge in [0.15, 0.2) is 0 Å². The van der Waals surface area contributed by atoms with Crippen molar-refractivity contribution in [2.24, 2.45) is 5.73 Å². The summed E-state index contributed by atoms with van der Waals surface area (Å²) in [6.07, 6.45) is -4.41. The summed E-state index contributed by atoms with van der Waals surface area (Å²) in [5.41, 5.74) is 5.36. The van der Waals surface area contributed by atoms with E-state index in [4.69, 9.17) is 11.0 Å². The smallest absolute Gasteiger partial charge is 0.324 e. The zero-order valence-electron chi connectivity index (χ0n) is 9.20. The molecule has 0 aliphatic rings. The molecule has 0 saturated carbocycles. The SMILES string of the molecule is N#CCn1c(CN)nc2cc(C(F)(F)F)ccc21. The summed E-state index contributed by atoms with van der Waals surface area (Å²) >= 11 is 0. The van der Waals surface area contributed by atoms with Gasteiger partial charge in [-0.3, -0.25) is 0 Å². The Hall–Kier alpha value is -2.07. The van der Waals surface area contributed by atoms with E-state index in [9.17, 15) is 13.2 Å². The van der Waals surface area contributed by atoms with Gasteiger partial charge in [-0.15, -0.1) is 0 Å². The first-order valence-electron chi connectivity index (χ1n) is 5.10. The van der Waals surface area contributed by atoms with E-state index in [2.05, 4.69) is 4.98 Å². The predicted molar refractivity (Wildman–Crippen MR) is 58.2 cm³/mol. The predicted octanol–water partition coefficient (Wildman–Crippen LogP) is 2.04. The Bertz CT molecular complexity index is 621. The van der Waals surface area contributed by atoms with Crippen LogP contribution >= 0.6 is 0 Å². The summed E-state index contributed by atoms with van der Waals surface area (Å²) in [6.45, 7) is 0.0755. The maximum absolute atomic E-state index is 12.5. The van der Waals surface area contributed by atoms with Crippen molar-refractivity contribution in [3.05, 3.63) is 29.6 Å². The molecule has 0 aliphatic carbocycles. The summed E-state index contributed by atoms with van der Waals surface area (Å²) in [5, 5.41) is 8.68. The third kappa shape index (κ3) is 2.02. The highest BCUT2D eigenvalue weighted by molar-refractivity contribution is 5.77. The van der Waals surface area contributed by atoms with Gasteiger partial charge in [0.25, 0.3) is 0 Å². The molecule has 0 spiro atoms. The number of hydrogen-bond acceptors (Lipinski definition) is 3. The number of nitrogens with two attached hydrogens (primary N) is 1. The monoisotopic (exact) mass is 254 g/mol. The quantitative estimate of drug-likeness (QED) is 0.891. The van der Waals surface area contributed by atoms with Crippen LogP contribution in [0.1, 0.15) is 11.4 Å². The van der Waals surface area contributed by atoms with Gasteiger partial charge in [-0.05, 0) is 18.2 Å². The Morgan fingerprint density at radius 2 is 2.11 bits per heavy atom. The number of halogens is 3. The summed E-state index contributed by atoms with van der Waals surface area (Å²) < 4.78 is 39.1. The van der Waals surface area contributed by atoms with Crippen LogP contribution in [0.5, 0.6) is 0 Å². The Morgan fingerprint density at radius 1 is 1.39 bits per heavy atom. The largest absolute Gasteiger partial charge is 0.416 e. The van der Waals surface area contributed by atoms with E-state index in [1.54, 1.807) is 0 Å². The first kappa shape index (κ1) is 12.4. The molecule has 0 aliphatic heterocycles. The number of nitriles is 1. The van der Waals surface area contributed by atoms with Crippen LogP contribution in [0.2, 0.25) is 0 Å². The second-order valence-electron chi connectivity index (χ2n) is 3.68. The zero-order valence-corrected chi connectivity index (χ0v) is 9.20. The highest BCUT2D eigenvalue weighted by Gasteiger charge is 2.31. The second-order valence-corrected chi connectivity index (χ2v) is 3.68. The van der Waals surface area contributed by atoms with Crippen molar-refractivity contribution in [1.29, 1.82) is 5.26 Å². The minimum atomic E-state index is -4.41. The lowest BCUT2D eigenvalue weighted by Crippen LogP contribution is -2.07. The number of imidazole rings is 1. The van der Waals surface area contributed by atoms with Crippen molar-refractivity contribution in [3.8, 4) is 6.07 Å². The van der Waals surface area contributed by atoms with Gasteiger partial charge < -0.3 is 10.3 Å². The number of hydrogen-bond donors (Lipinski definition) is 1. The van der Waals surface area contributed by atoms with Crippen LogP contribution < -0.4 is 5.73 Å². The maximum Gasteiger partial charge on any atom is 0.416 e. The first-order chi connectivity index (χ1) is 8.47. The van der Waals surface area contributed by atoms with E-state index in [-0.39, 0.29) is 18.6 Å². The van der Waals surface area contributed by atoms with Gasteiger partial charge in [-0.25, -0.2) is 4.98 Å². The lowest BCUT2D eigenvalue weighted by Gasteiger charge is -2.06. The van der Waals surface area contributed by atoms with Crippen LogP contribution in [0, 0.1) is 11.3 Å². The molecular weight excluding hydrogens is 245 g/mol. The molecule has 1 aromatic heterocycles. The van der Waals surface area contributed by atoms with Crippen LogP contribution in [0.4, 0.5) is 13.2 Å². The first-order valence-corrected chi connectivity index (χ1v) is 5.10. The lowest BCUT2D eigenvalue weighted by molar-refractivity contribution is -0.137. The summed E-state index contributed by atoms with van der Waals surface area (Å²) in [6, 6.07) is 5.17. The second kappa shape index (κ2) is 4.31. The average Bonchev–Trinajstić information content (AvgIpc) is 2.66. The van der Waals surface area contributed by atoms with Crippen LogP contribution in [0.25, 0.3) is 11.0 Å². The third-order valence-electron chi connectivity index (χ3n) is 2.57. The molecule has 0 amide bonds. The van der Waals surface area contributed by atoms with Crippen molar-refractivity contribution in [1.82, 2.24) is 9.55 Å². The summed E-state index contributed by atoms with van der Waals surface area (Å²) in [7, 11) is 0. The highest BCUT2D eigenvalue weighted by atomic mass is 19.4. The number of fused-ring (bicyclic) bond motifs is 1. The molecule has 4 nitrogen and oxygen atoms in total. The topological polar surface area (TPSA) is 67.6 Å². The fourth-order valence-electron chi connectivity index (χ4n) is 1.76. The average molecular weight is 254 g/mol. The van der Waals surface area contributed by atoms with E-state index in [1.807, 2.05) is 6.07 Å². The molecule has 0 radical (unpaired) electrons. The van der Waals surface area contributed by atoms with Gasteiger partial charge in [0.05, 0.1) is 29.2 Å². The van der Waals surface area contributed by atoms with E-state index >= 15 is 0 Å². The summed E-state index contributed by atoms with van der Waals surface area (Å²) in [5.74, 6) is 0.394. The number of alkyl halides is 3. The molecule has 2 N–H and O–H groups in total. The van der Waals surface area contributed by atoms with Crippen LogP contribution in [-0.4, -0.2) is 9.55 Å². The minimum Gasteiger partial charge on any atom is -0.324 e. The molecule has 0 bridgehead atoms. The number of benzene rings is 1. The Labute approximate surface area is 100 Å². The molecule has 2 aromatic rings. The number of nitrogens with zero attached hydrogens (tertiary/aromatic N) is 3. The van der Waals surface area contributed by atoms with E-state index in [0.717, 1.165) is 12.1 Å². The van der Waals surface area contributed by atoms with E-state index < -0.39 is 11.7 Å². The molecule has 0 unspecified atom stereocenters. The van der Waals surface area contributed by atoms with Gasteiger partial charge in [0.1, 0.15) is 12.4 Å². The molecule has 18 heavy (non-hydrogen) atoms. The van der Waals surface area contributed by atoms with E-state index in [1.165, 1.54) is 10.6 Å². The molecular formula is C11H9F3N4. The molecule has 1 heterocycles. The highest BCUT2D eigenvalue weighted by Crippen LogP contribution is 2.31. The summed E-state index contributed by atoms with van der Waals surface area (Å²) in [4.78, 5) is 4.01. The van der Waals surface area contributed by atoms with Crippen LogP contribution in [0.3, 0.4) is 0 Å². The molecule has 2 rings (SSSR count). The van der Waals surface area contributed by atoms with Crippen molar-refractivity contribution in [2.75, 3.05) is 0 Å². The Balaban J connectivity index is 2.63. The Kier molecular flexibility index (Phi) is 2.97. The molecule has 94 valence electrons. The molecule has 1 aromatic carbocycles. The minimum absolute atomic E-state index is 0.00833. The lowest BCUT2D eigenvalue weighted by atomic mass is 10.2. The van der Waals surface area contributed by atoms with Crippen molar-refractivity contribution in [3.63, 3.8) is 0 Å². The normalized spacial score (nSPS) is 11.7. The molecule has 0 fully saturated rings. The number of aromatic nitrogens is 2. The Morgan fingerprint density at radius 3 is 2.67 bits per heavy atom. The van der Waals surface area contributed by atoms with Crippen molar-refractivity contribution >= 4 is 11.0 Å². The van der Waals surface area contributed by atoms with Crippen molar-refractivity contribution in [2.45, 2.75) is 19.3 Å². The fraction of sp³-hybridized carbons (Fsp3) is 0.273. The van der Waals surface area contributed by atoms with Gasteiger partial charge in [0.2, 0.25) is 0 Å². The van der Waals surface area contributed by atoms with Gasteiger partial charge in [-0.1, -0.05) is 0 Å².